The lowest BCUT2D eigenvalue weighted by Crippen LogP contribution is -2.47. The van der Waals surface area contributed by atoms with Gasteiger partial charge in [-0.25, -0.2) is 16.8 Å². The van der Waals surface area contributed by atoms with E-state index in [4.69, 9.17) is 10.5 Å². The number of nitrogen functional groups attached to an aromatic ring is 1. The molecule has 238 valence electrons. The molecule has 0 radical (unpaired) electrons. The highest BCUT2D eigenvalue weighted by atomic mass is 32.2. The quantitative estimate of drug-likeness (QED) is 0.158. The number of anilines is 1. The van der Waals surface area contributed by atoms with Crippen LogP contribution in [0.1, 0.15) is 0 Å². The lowest BCUT2D eigenvalue weighted by Gasteiger charge is -2.33. The summed E-state index contributed by atoms with van der Waals surface area (Å²) in [6.07, 6.45) is 0. The van der Waals surface area contributed by atoms with Crippen molar-refractivity contribution >= 4 is 68.2 Å². The standard InChI is InChI=1S/C28H35N5O8S3/c1-30-7-11-32(12-8-30)43(37,38)25-18-26(44(39,40)33-13-9-31(2)10-14-33)22-6-4-20-24(41-15-16-42(34,35)36)17-23(29)19-3-5-21(25)28(22)27(19)20/h3-6,17-18H,7-16,29H2,1-2H3,(H,34,35,36). The van der Waals surface area contributed by atoms with Gasteiger partial charge in [0, 0.05) is 96.4 Å². The normalized spacial score (nSPS) is 19.0. The van der Waals surface area contributed by atoms with E-state index in [9.17, 15) is 29.8 Å². The average molecular weight is 666 g/mol. The lowest BCUT2D eigenvalue weighted by atomic mass is 9.93. The number of piperazine rings is 2. The first-order valence-corrected chi connectivity index (χ1v) is 18.7. The van der Waals surface area contributed by atoms with Crippen molar-refractivity contribution in [2.75, 3.05) is 84.5 Å². The Morgan fingerprint density at radius 3 is 1.59 bits per heavy atom. The molecule has 0 saturated carbocycles. The summed E-state index contributed by atoms with van der Waals surface area (Å²) in [5.41, 5.74) is 6.70. The zero-order valence-corrected chi connectivity index (χ0v) is 26.9. The van der Waals surface area contributed by atoms with E-state index in [0.29, 0.717) is 58.5 Å². The van der Waals surface area contributed by atoms with Crippen molar-refractivity contribution in [3.63, 3.8) is 0 Å². The fourth-order valence-corrected chi connectivity index (χ4v) is 9.70. The number of nitrogens with two attached hydrogens (primary N) is 1. The monoisotopic (exact) mass is 665 g/mol. The summed E-state index contributed by atoms with van der Waals surface area (Å²) in [6.45, 7) is 2.86. The van der Waals surface area contributed by atoms with Gasteiger partial charge in [0.2, 0.25) is 20.0 Å². The highest BCUT2D eigenvalue weighted by Gasteiger charge is 2.35. The predicted octanol–water partition coefficient (Wildman–Crippen LogP) is 1.31. The van der Waals surface area contributed by atoms with Crippen LogP contribution in [0.15, 0.2) is 46.2 Å². The number of sulfonamides is 2. The minimum absolute atomic E-state index is 0.104. The topological polar surface area (TPSA) is 171 Å². The summed E-state index contributed by atoms with van der Waals surface area (Å²) in [5, 5.41) is 2.69. The van der Waals surface area contributed by atoms with Crippen LogP contribution in [-0.2, 0) is 30.2 Å². The van der Waals surface area contributed by atoms with Crippen molar-refractivity contribution in [3.05, 3.63) is 36.4 Å². The van der Waals surface area contributed by atoms with Gasteiger partial charge < -0.3 is 20.3 Å². The molecule has 6 rings (SSSR count). The van der Waals surface area contributed by atoms with Crippen LogP contribution < -0.4 is 10.5 Å². The molecule has 2 heterocycles. The van der Waals surface area contributed by atoms with E-state index in [0.717, 1.165) is 0 Å². The van der Waals surface area contributed by atoms with E-state index in [2.05, 4.69) is 0 Å². The fraction of sp³-hybridized carbons (Fsp3) is 0.429. The van der Waals surface area contributed by atoms with Gasteiger partial charge in [-0.3, -0.25) is 4.55 Å². The second-order valence-electron chi connectivity index (χ2n) is 11.5. The van der Waals surface area contributed by atoms with Crippen molar-refractivity contribution in [2.24, 2.45) is 0 Å². The van der Waals surface area contributed by atoms with Crippen LogP contribution in [0.25, 0.3) is 32.3 Å². The molecule has 44 heavy (non-hydrogen) atoms. The smallest absolute Gasteiger partial charge is 0.268 e. The summed E-state index contributed by atoms with van der Waals surface area (Å²) in [4.78, 5) is 3.86. The second kappa shape index (κ2) is 11.2. The van der Waals surface area contributed by atoms with Crippen LogP contribution >= 0.6 is 0 Å². The minimum Gasteiger partial charge on any atom is -0.492 e. The molecular weight excluding hydrogens is 631 g/mol. The lowest BCUT2D eigenvalue weighted by molar-refractivity contribution is 0.222. The summed E-state index contributed by atoms with van der Waals surface area (Å²) in [7, 11) is -8.70. The van der Waals surface area contributed by atoms with E-state index >= 15 is 0 Å². The first kappa shape index (κ1) is 31.2. The van der Waals surface area contributed by atoms with Crippen LogP contribution in [0.3, 0.4) is 0 Å². The SMILES string of the molecule is CN1CCN(S(=O)(=O)c2cc(S(=O)(=O)N3CCN(C)CC3)c3ccc4c(OCCS(=O)(=O)O)cc(N)c5ccc2c3c54)CC1. The van der Waals surface area contributed by atoms with Gasteiger partial charge in [0.15, 0.2) is 0 Å². The first-order valence-electron chi connectivity index (χ1n) is 14.2. The van der Waals surface area contributed by atoms with Crippen molar-refractivity contribution in [1.29, 1.82) is 0 Å². The molecule has 2 saturated heterocycles. The maximum atomic E-state index is 14.3. The maximum absolute atomic E-state index is 14.3. The van der Waals surface area contributed by atoms with Crippen LogP contribution in [0.4, 0.5) is 5.69 Å². The maximum Gasteiger partial charge on any atom is 0.268 e. The van der Waals surface area contributed by atoms with Crippen LogP contribution in [0.2, 0.25) is 0 Å². The summed E-state index contributed by atoms with van der Waals surface area (Å²) in [5.74, 6) is -0.417. The Balaban J connectivity index is 1.63. The van der Waals surface area contributed by atoms with Gasteiger partial charge in [-0.05, 0) is 26.2 Å². The van der Waals surface area contributed by atoms with E-state index in [1.165, 1.54) is 20.7 Å². The molecule has 2 aliphatic heterocycles. The molecule has 2 aliphatic rings. The summed E-state index contributed by atoms with van der Waals surface area (Å²) >= 11 is 0. The minimum atomic E-state index is -4.28. The molecular formula is C28H35N5O8S3. The zero-order chi connectivity index (χ0) is 31.6. The third-order valence-electron chi connectivity index (χ3n) is 8.58. The molecule has 0 atom stereocenters. The molecule has 0 unspecified atom stereocenters. The molecule has 0 spiro atoms. The fourth-order valence-electron chi connectivity index (χ4n) is 6.06. The molecule has 16 heteroatoms. The Kier molecular flexibility index (Phi) is 7.94. The highest BCUT2D eigenvalue weighted by molar-refractivity contribution is 7.90. The van der Waals surface area contributed by atoms with Crippen LogP contribution in [-0.4, -0.2) is 127 Å². The largest absolute Gasteiger partial charge is 0.492 e. The molecule has 2 fully saturated rings. The number of nitrogens with zero attached hydrogens (tertiary/aromatic N) is 4. The van der Waals surface area contributed by atoms with Gasteiger partial charge in [-0.15, -0.1) is 0 Å². The molecule has 0 aliphatic carbocycles. The van der Waals surface area contributed by atoms with Crippen LogP contribution in [0, 0.1) is 0 Å². The van der Waals surface area contributed by atoms with Gasteiger partial charge in [0.25, 0.3) is 10.1 Å². The van der Waals surface area contributed by atoms with E-state index < -0.39 is 35.9 Å². The number of rotatable bonds is 8. The Bertz CT molecular complexity index is 2000. The van der Waals surface area contributed by atoms with Crippen molar-refractivity contribution < 1.29 is 34.5 Å². The van der Waals surface area contributed by atoms with Gasteiger partial charge in [0.1, 0.15) is 18.1 Å². The van der Waals surface area contributed by atoms with Crippen molar-refractivity contribution in [3.8, 4) is 5.75 Å². The molecule has 13 nitrogen and oxygen atoms in total. The molecule has 0 bridgehead atoms. The van der Waals surface area contributed by atoms with Crippen LogP contribution in [0.5, 0.6) is 5.75 Å². The van der Waals surface area contributed by atoms with Gasteiger partial charge in [-0.2, -0.15) is 17.0 Å². The van der Waals surface area contributed by atoms with Gasteiger partial charge >= 0.3 is 0 Å². The Morgan fingerprint density at radius 1 is 0.682 bits per heavy atom. The van der Waals surface area contributed by atoms with E-state index in [1.807, 2.05) is 23.9 Å². The molecule has 0 aromatic heterocycles. The van der Waals surface area contributed by atoms with E-state index in [1.54, 1.807) is 24.3 Å². The predicted molar refractivity (Wildman–Crippen MR) is 169 cm³/mol. The third-order valence-corrected chi connectivity index (χ3v) is 13.1. The average Bonchev–Trinajstić information content (AvgIpc) is 2.96. The summed E-state index contributed by atoms with van der Waals surface area (Å²) < 4.78 is 97.4. The number of hydrogen-bond acceptors (Lipinski definition) is 10. The number of likely N-dealkylation sites (N-methyl/N-ethyl adjacent to an activating group) is 2. The Labute approximate surface area is 256 Å². The zero-order valence-electron chi connectivity index (χ0n) is 24.4. The Hall–Kier alpha value is -2.83. The van der Waals surface area contributed by atoms with Crippen molar-refractivity contribution in [2.45, 2.75) is 9.79 Å². The van der Waals surface area contributed by atoms with Crippen molar-refractivity contribution in [1.82, 2.24) is 18.4 Å². The van der Waals surface area contributed by atoms with Gasteiger partial charge in [0.05, 0.1) is 9.79 Å². The molecule has 4 aromatic rings. The number of hydrogen-bond donors (Lipinski definition) is 2. The molecule has 4 aromatic carbocycles. The second-order valence-corrected chi connectivity index (χ2v) is 16.8. The molecule has 0 amide bonds. The first-order chi connectivity index (χ1) is 20.7. The summed E-state index contributed by atoms with van der Waals surface area (Å²) in [6, 6.07) is 9.51. The van der Waals surface area contributed by atoms with Gasteiger partial charge in [-0.1, -0.05) is 18.2 Å². The number of ether oxygens (including phenoxy) is 1. The molecule has 3 N–H and O–H groups in total. The third kappa shape index (κ3) is 5.47. The highest BCUT2D eigenvalue weighted by Crippen LogP contribution is 2.45. The Morgan fingerprint density at radius 2 is 1.11 bits per heavy atom. The number of benzene rings is 4. The van der Waals surface area contributed by atoms with E-state index in [-0.39, 0.29) is 54.0 Å².